The van der Waals surface area contributed by atoms with E-state index < -0.39 is 0 Å². The van der Waals surface area contributed by atoms with Gasteiger partial charge in [0.25, 0.3) is 5.91 Å². The van der Waals surface area contributed by atoms with Crippen molar-refractivity contribution in [1.29, 1.82) is 0 Å². The molecule has 3 rings (SSSR count). The zero-order valence-electron chi connectivity index (χ0n) is 13.2. The summed E-state index contributed by atoms with van der Waals surface area (Å²) in [5.41, 5.74) is 4.30. The molecule has 1 heterocycles. The highest BCUT2D eigenvalue weighted by molar-refractivity contribution is 6.05. The molecule has 0 saturated carbocycles. The van der Waals surface area contributed by atoms with Gasteiger partial charge >= 0.3 is 6.03 Å². The minimum absolute atomic E-state index is 0.0995. The van der Waals surface area contributed by atoms with Gasteiger partial charge in [0.15, 0.2) is 0 Å². The molecule has 2 N–H and O–H groups in total. The van der Waals surface area contributed by atoms with Gasteiger partial charge in [0.2, 0.25) is 0 Å². The van der Waals surface area contributed by atoms with Gasteiger partial charge in [-0.25, -0.2) is 4.79 Å². The molecule has 5 nitrogen and oxygen atoms in total. The average molecular weight is 309 g/mol. The number of hydrogen-bond acceptors (Lipinski definition) is 2. The van der Waals surface area contributed by atoms with E-state index in [9.17, 15) is 9.59 Å². The first-order valence-electron chi connectivity index (χ1n) is 7.58. The Hall–Kier alpha value is -2.82. The Bertz CT molecular complexity index is 753. The van der Waals surface area contributed by atoms with Gasteiger partial charge in [-0.15, -0.1) is 0 Å². The fourth-order valence-corrected chi connectivity index (χ4v) is 2.58. The molecule has 0 aromatic heterocycles. The molecular formula is C18H19N3O2. The lowest BCUT2D eigenvalue weighted by atomic mass is 10.1. The van der Waals surface area contributed by atoms with Crippen LogP contribution in [0, 0.1) is 13.8 Å². The summed E-state index contributed by atoms with van der Waals surface area (Å²) in [6.45, 7) is 5.25. The van der Waals surface area contributed by atoms with Crippen LogP contribution in [-0.2, 0) is 0 Å². The molecule has 2 aromatic carbocycles. The van der Waals surface area contributed by atoms with Crippen molar-refractivity contribution in [2.24, 2.45) is 0 Å². The predicted molar refractivity (Wildman–Crippen MR) is 91.1 cm³/mol. The van der Waals surface area contributed by atoms with Gasteiger partial charge < -0.3 is 10.6 Å². The van der Waals surface area contributed by atoms with E-state index in [0.717, 1.165) is 22.5 Å². The quantitative estimate of drug-likeness (QED) is 0.915. The van der Waals surface area contributed by atoms with Crippen molar-refractivity contribution in [3.05, 3.63) is 59.2 Å². The van der Waals surface area contributed by atoms with Crippen LogP contribution in [-0.4, -0.2) is 25.0 Å². The van der Waals surface area contributed by atoms with Gasteiger partial charge in [-0.1, -0.05) is 12.1 Å². The molecule has 1 aliphatic rings. The minimum atomic E-state index is -0.156. The van der Waals surface area contributed by atoms with Crippen LogP contribution in [0.4, 0.5) is 16.2 Å². The third-order valence-corrected chi connectivity index (χ3v) is 3.94. The number of carbonyl (C=O) groups excluding carboxylic acids is 2. The monoisotopic (exact) mass is 309 g/mol. The van der Waals surface area contributed by atoms with Gasteiger partial charge in [0.1, 0.15) is 0 Å². The summed E-state index contributed by atoms with van der Waals surface area (Å²) in [5, 5.41) is 5.69. The molecule has 118 valence electrons. The maximum atomic E-state index is 12.4. The molecule has 1 saturated heterocycles. The smallest absolute Gasteiger partial charge is 0.321 e. The van der Waals surface area contributed by atoms with Gasteiger partial charge in [-0.3, -0.25) is 9.69 Å². The minimum Gasteiger partial charge on any atom is -0.336 e. The van der Waals surface area contributed by atoms with Crippen LogP contribution in [0.5, 0.6) is 0 Å². The summed E-state index contributed by atoms with van der Waals surface area (Å²) in [5.74, 6) is -0.156. The maximum Gasteiger partial charge on any atom is 0.321 e. The van der Waals surface area contributed by atoms with Gasteiger partial charge in [0, 0.05) is 30.0 Å². The molecule has 0 spiro atoms. The highest BCUT2D eigenvalue weighted by atomic mass is 16.2. The number of rotatable bonds is 3. The van der Waals surface area contributed by atoms with E-state index in [4.69, 9.17) is 0 Å². The molecule has 3 amide bonds. The van der Waals surface area contributed by atoms with E-state index in [-0.39, 0.29) is 11.9 Å². The fourth-order valence-electron chi connectivity index (χ4n) is 2.58. The SMILES string of the molecule is Cc1ccc(C)c(NC(=O)c2ccc(N3CCNC3=O)cc2)c1. The molecule has 1 fully saturated rings. The van der Waals surface area contributed by atoms with E-state index in [2.05, 4.69) is 10.6 Å². The Balaban J connectivity index is 1.75. The molecular weight excluding hydrogens is 290 g/mol. The van der Waals surface area contributed by atoms with Crippen molar-refractivity contribution in [2.75, 3.05) is 23.3 Å². The van der Waals surface area contributed by atoms with Crippen molar-refractivity contribution < 1.29 is 9.59 Å². The van der Waals surface area contributed by atoms with Crippen molar-refractivity contribution in [3.63, 3.8) is 0 Å². The van der Waals surface area contributed by atoms with E-state index in [1.807, 2.05) is 32.0 Å². The molecule has 23 heavy (non-hydrogen) atoms. The number of anilines is 2. The van der Waals surface area contributed by atoms with Crippen molar-refractivity contribution >= 4 is 23.3 Å². The number of nitrogens with one attached hydrogen (secondary N) is 2. The summed E-state index contributed by atoms with van der Waals surface area (Å²) in [6, 6.07) is 12.9. The predicted octanol–water partition coefficient (Wildman–Crippen LogP) is 3.09. The van der Waals surface area contributed by atoms with Gasteiger partial charge in [-0.2, -0.15) is 0 Å². The number of carbonyl (C=O) groups is 2. The first kappa shape index (κ1) is 15.1. The Kier molecular flexibility index (Phi) is 4.02. The van der Waals surface area contributed by atoms with Gasteiger partial charge in [-0.05, 0) is 55.3 Å². The van der Waals surface area contributed by atoms with Crippen LogP contribution in [0.1, 0.15) is 21.5 Å². The van der Waals surface area contributed by atoms with E-state index in [1.54, 1.807) is 29.2 Å². The second-order valence-electron chi connectivity index (χ2n) is 5.70. The van der Waals surface area contributed by atoms with Crippen LogP contribution in [0.2, 0.25) is 0 Å². The lowest BCUT2D eigenvalue weighted by molar-refractivity contribution is 0.102. The third-order valence-electron chi connectivity index (χ3n) is 3.94. The topological polar surface area (TPSA) is 61.4 Å². The summed E-state index contributed by atoms with van der Waals surface area (Å²) < 4.78 is 0. The lowest BCUT2D eigenvalue weighted by Gasteiger charge is -2.14. The second kappa shape index (κ2) is 6.12. The highest BCUT2D eigenvalue weighted by Crippen LogP contribution is 2.20. The van der Waals surface area contributed by atoms with Crippen molar-refractivity contribution in [1.82, 2.24) is 5.32 Å². The summed E-state index contributed by atoms with van der Waals surface area (Å²) in [4.78, 5) is 25.7. The zero-order valence-corrected chi connectivity index (χ0v) is 13.2. The van der Waals surface area contributed by atoms with Crippen LogP contribution < -0.4 is 15.5 Å². The number of aryl methyl sites for hydroxylation is 2. The molecule has 0 radical (unpaired) electrons. The van der Waals surface area contributed by atoms with Crippen LogP contribution in [0.25, 0.3) is 0 Å². The Morgan fingerprint density at radius 1 is 1.13 bits per heavy atom. The normalized spacial score (nSPS) is 13.8. The molecule has 5 heteroatoms. The standard InChI is InChI=1S/C18H19N3O2/c1-12-3-4-13(2)16(11-12)20-17(22)14-5-7-15(8-6-14)21-10-9-19-18(21)23/h3-8,11H,9-10H2,1-2H3,(H,19,23)(H,20,22). The fraction of sp³-hybridized carbons (Fsp3) is 0.222. The molecule has 0 bridgehead atoms. The van der Waals surface area contributed by atoms with Crippen molar-refractivity contribution in [3.8, 4) is 0 Å². The molecule has 1 aliphatic heterocycles. The molecule has 0 aliphatic carbocycles. The number of nitrogens with zero attached hydrogens (tertiary/aromatic N) is 1. The summed E-state index contributed by atoms with van der Waals surface area (Å²) in [7, 11) is 0. The van der Waals surface area contributed by atoms with Crippen LogP contribution >= 0.6 is 0 Å². The Morgan fingerprint density at radius 3 is 2.52 bits per heavy atom. The molecule has 0 atom stereocenters. The number of hydrogen-bond donors (Lipinski definition) is 2. The van der Waals surface area contributed by atoms with E-state index >= 15 is 0 Å². The average Bonchev–Trinajstić information content (AvgIpc) is 2.97. The van der Waals surface area contributed by atoms with Crippen molar-refractivity contribution in [2.45, 2.75) is 13.8 Å². The zero-order chi connectivity index (χ0) is 16.4. The van der Waals surface area contributed by atoms with E-state index in [0.29, 0.717) is 18.7 Å². The number of benzene rings is 2. The number of urea groups is 1. The van der Waals surface area contributed by atoms with E-state index in [1.165, 1.54) is 0 Å². The van der Waals surface area contributed by atoms with Crippen LogP contribution in [0.15, 0.2) is 42.5 Å². The number of amides is 3. The third kappa shape index (κ3) is 3.18. The molecule has 2 aromatic rings. The lowest BCUT2D eigenvalue weighted by Crippen LogP contribution is -2.27. The largest absolute Gasteiger partial charge is 0.336 e. The summed E-state index contributed by atoms with van der Waals surface area (Å²) >= 11 is 0. The summed E-state index contributed by atoms with van der Waals surface area (Å²) in [6.07, 6.45) is 0. The Morgan fingerprint density at radius 2 is 1.87 bits per heavy atom. The van der Waals surface area contributed by atoms with Gasteiger partial charge in [0.05, 0.1) is 0 Å². The maximum absolute atomic E-state index is 12.4. The first-order chi connectivity index (χ1) is 11.0. The first-order valence-corrected chi connectivity index (χ1v) is 7.58. The highest BCUT2D eigenvalue weighted by Gasteiger charge is 2.21. The second-order valence-corrected chi connectivity index (χ2v) is 5.70. The molecule has 0 unspecified atom stereocenters. The van der Waals surface area contributed by atoms with Crippen LogP contribution in [0.3, 0.4) is 0 Å². The Labute approximate surface area is 135 Å².